The first kappa shape index (κ1) is 24.5. The monoisotopic (exact) mass is 467 g/mol. The zero-order valence-corrected chi connectivity index (χ0v) is 20.3. The van der Waals surface area contributed by atoms with Crippen LogP contribution >= 0.6 is 11.8 Å². The van der Waals surface area contributed by atoms with E-state index in [1.165, 1.54) is 11.8 Å². The molecule has 2 N–H and O–H groups in total. The van der Waals surface area contributed by atoms with E-state index in [9.17, 15) is 9.59 Å². The molecule has 33 heavy (non-hydrogen) atoms. The smallest absolute Gasteiger partial charge is 0.325 e. The van der Waals surface area contributed by atoms with Gasteiger partial charge in [-0.25, -0.2) is 4.79 Å². The Balaban J connectivity index is 1.70. The zero-order valence-electron chi connectivity index (χ0n) is 19.5. The first-order chi connectivity index (χ1) is 15.8. The van der Waals surface area contributed by atoms with Crippen molar-refractivity contribution in [2.24, 2.45) is 0 Å². The van der Waals surface area contributed by atoms with E-state index in [1.54, 1.807) is 14.0 Å². The van der Waals surface area contributed by atoms with Gasteiger partial charge in [-0.2, -0.15) is 0 Å². The minimum Gasteiger partial charge on any atom is -0.383 e. The quantitative estimate of drug-likeness (QED) is 0.478. The van der Waals surface area contributed by atoms with Crippen molar-refractivity contribution in [3.63, 3.8) is 0 Å². The highest BCUT2D eigenvalue weighted by atomic mass is 32.2. The Bertz CT molecular complexity index is 1140. The van der Waals surface area contributed by atoms with E-state index in [4.69, 9.17) is 4.74 Å². The second kappa shape index (κ2) is 11.1. The summed E-state index contributed by atoms with van der Waals surface area (Å²) in [5, 5.41) is 13.8. The number of hydrogen-bond donors (Lipinski definition) is 2. The molecule has 0 bridgehead atoms. The lowest BCUT2D eigenvalue weighted by Crippen LogP contribution is -2.39. The summed E-state index contributed by atoms with van der Waals surface area (Å²) < 4.78 is 7.18. The minimum atomic E-state index is -0.569. The van der Waals surface area contributed by atoms with Crippen LogP contribution in [0.15, 0.2) is 47.6 Å². The predicted molar refractivity (Wildman–Crippen MR) is 130 cm³/mol. The van der Waals surface area contributed by atoms with Crippen LogP contribution in [0.2, 0.25) is 0 Å². The van der Waals surface area contributed by atoms with E-state index in [-0.39, 0.29) is 0 Å². The van der Waals surface area contributed by atoms with Gasteiger partial charge in [0.2, 0.25) is 5.91 Å². The Morgan fingerprint density at radius 3 is 2.55 bits per heavy atom. The largest absolute Gasteiger partial charge is 0.383 e. The van der Waals surface area contributed by atoms with E-state index in [1.807, 2.05) is 67.8 Å². The number of methoxy groups -OCH3 is 1. The van der Waals surface area contributed by atoms with E-state index < -0.39 is 17.2 Å². The number of rotatable bonds is 8. The summed E-state index contributed by atoms with van der Waals surface area (Å²) in [6.45, 7) is 8.65. The van der Waals surface area contributed by atoms with Crippen molar-refractivity contribution in [1.29, 1.82) is 0 Å². The normalized spacial score (nSPS) is 11.8. The number of imide groups is 1. The lowest BCUT2D eigenvalue weighted by molar-refractivity contribution is -0.119. The van der Waals surface area contributed by atoms with Crippen LogP contribution < -0.4 is 10.6 Å². The standard InChI is InChI=1S/C24H29N5O3S/c1-15-7-6-8-19(14-15)21-27-28-24(29(21)11-12-32-5)33-18(4)22(30)26-23(31)25-20-10-9-16(2)13-17(20)3/h6-10,13-14,18H,11-12H2,1-5H3,(H2,25,26,30,31). The Morgan fingerprint density at radius 1 is 1.09 bits per heavy atom. The molecule has 174 valence electrons. The summed E-state index contributed by atoms with van der Waals surface area (Å²) in [7, 11) is 1.63. The summed E-state index contributed by atoms with van der Waals surface area (Å²) in [6, 6.07) is 13.1. The lowest BCUT2D eigenvalue weighted by atomic mass is 10.1. The van der Waals surface area contributed by atoms with Gasteiger partial charge >= 0.3 is 6.03 Å². The Kier molecular flexibility index (Phi) is 8.24. The Hall–Kier alpha value is -3.17. The molecule has 1 unspecified atom stereocenters. The molecule has 9 heteroatoms. The van der Waals surface area contributed by atoms with Gasteiger partial charge in [-0.15, -0.1) is 10.2 Å². The topological polar surface area (TPSA) is 98.1 Å². The van der Waals surface area contributed by atoms with Gasteiger partial charge in [-0.05, 0) is 45.4 Å². The van der Waals surface area contributed by atoms with E-state index in [0.717, 1.165) is 22.3 Å². The molecule has 1 aromatic heterocycles. The van der Waals surface area contributed by atoms with Crippen LogP contribution in [0.5, 0.6) is 0 Å². The summed E-state index contributed by atoms with van der Waals surface area (Å²) in [4.78, 5) is 25.0. The fourth-order valence-electron chi connectivity index (χ4n) is 3.29. The van der Waals surface area contributed by atoms with Gasteiger partial charge in [0.1, 0.15) is 0 Å². The number of thioether (sulfide) groups is 1. The number of benzene rings is 2. The molecule has 0 spiro atoms. The second-order valence-corrected chi connectivity index (χ2v) is 9.15. The highest BCUT2D eigenvalue weighted by Crippen LogP contribution is 2.27. The molecule has 8 nitrogen and oxygen atoms in total. The van der Waals surface area contributed by atoms with Crippen molar-refractivity contribution in [1.82, 2.24) is 20.1 Å². The predicted octanol–water partition coefficient (Wildman–Crippen LogP) is 4.35. The van der Waals surface area contributed by atoms with Crippen LogP contribution in [-0.2, 0) is 16.1 Å². The minimum absolute atomic E-state index is 0.416. The number of anilines is 1. The molecule has 0 saturated heterocycles. The summed E-state index contributed by atoms with van der Waals surface area (Å²) in [6.07, 6.45) is 0. The number of aromatic nitrogens is 3. The molecule has 1 heterocycles. The van der Waals surface area contributed by atoms with Crippen LogP contribution in [-0.4, -0.2) is 45.7 Å². The molecule has 0 aliphatic rings. The Morgan fingerprint density at radius 2 is 1.85 bits per heavy atom. The summed E-state index contributed by atoms with van der Waals surface area (Å²) in [5.74, 6) is 0.291. The SMILES string of the molecule is COCCn1c(SC(C)C(=O)NC(=O)Nc2ccc(C)cc2C)nnc1-c1cccc(C)c1. The van der Waals surface area contributed by atoms with Crippen LogP contribution in [0.4, 0.5) is 10.5 Å². The van der Waals surface area contributed by atoms with Crippen LogP contribution in [0, 0.1) is 20.8 Å². The third-order valence-corrected chi connectivity index (χ3v) is 6.11. The first-order valence-corrected chi connectivity index (χ1v) is 11.5. The van der Waals surface area contributed by atoms with Crippen LogP contribution in [0.25, 0.3) is 11.4 Å². The number of carbonyl (C=O) groups excluding carboxylic acids is 2. The number of urea groups is 1. The molecule has 0 fully saturated rings. The van der Waals surface area contributed by atoms with Crippen molar-refractivity contribution in [2.75, 3.05) is 19.0 Å². The van der Waals surface area contributed by atoms with Crippen molar-refractivity contribution in [2.45, 2.75) is 44.6 Å². The van der Waals surface area contributed by atoms with Crippen molar-refractivity contribution < 1.29 is 14.3 Å². The third-order valence-electron chi connectivity index (χ3n) is 5.03. The highest BCUT2D eigenvalue weighted by Gasteiger charge is 2.22. The maximum absolute atomic E-state index is 12.7. The van der Waals surface area contributed by atoms with E-state index in [0.29, 0.717) is 29.8 Å². The molecule has 0 aliphatic carbocycles. The van der Waals surface area contributed by atoms with Crippen LogP contribution in [0.1, 0.15) is 23.6 Å². The molecule has 2 aromatic carbocycles. The molecular weight excluding hydrogens is 438 g/mol. The zero-order chi connectivity index (χ0) is 24.0. The number of amides is 3. The molecule has 3 rings (SSSR count). The molecule has 3 amide bonds. The van der Waals surface area contributed by atoms with Gasteiger partial charge in [0.05, 0.1) is 18.4 Å². The van der Waals surface area contributed by atoms with Crippen molar-refractivity contribution in [3.8, 4) is 11.4 Å². The number of aryl methyl sites for hydroxylation is 3. The van der Waals surface area contributed by atoms with E-state index >= 15 is 0 Å². The summed E-state index contributed by atoms with van der Waals surface area (Å²) >= 11 is 1.24. The molecule has 0 radical (unpaired) electrons. The lowest BCUT2D eigenvalue weighted by Gasteiger charge is -2.14. The molecule has 1 atom stereocenters. The second-order valence-electron chi connectivity index (χ2n) is 7.84. The number of nitrogens with one attached hydrogen (secondary N) is 2. The fourth-order valence-corrected chi connectivity index (χ4v) is 4.17. The average Bonchev–Trinajstić information content (AvgIpc) is 3.16. The third kappa shape index (κ3) is 6.43. The van der Waals surface area contributed by atoms with Crippen molar-refractivity contribution >= 4 is 29.4 Å². The van der Waals surface area contributed by atoms with Gasteiger partial charge in [-0.3, -0.25) is 14.7 Å². The average molecular weight is 468 g/mol. The number of ether oxygens (including phenoxy) is 1. The maximum atomic E-state index is 12.7. The Labute approximate surface area is 198 Å². The molecular formula is C24H29N5O3S. The maximum Gasteiger partial charge on any atom is 0.325 e. The molecule has 0 aliphatic heterocycles. The fraction of sp³-hybridized carbons (Fsp3) is 0.333. The van der Waals surface area contributed by atoms with Gasteiger partial charge < -0.3 is 10.1 Å². The van der Waals surface area contributed by atoms with Gasteiger partial charge in [0.15, 0.2) is 11.0 Å². The molecule has 0 saturated carbocycles. The van der Waals surface area contributed by atoms with Gasteiger partial charge in [0.25, 0.3) is 0 Å². The number of hydrogen-bond acceptors (Lipinski definition) is 6. The highest BCUT2D eigenvalue weighted by molar-refractivity contribution is 8.00. The summed E-state index contributed by atoms with van der Waals surface area (Å²) in [5.41, 5.74) is 4.74. The first-order valence-electron chi connectivity index (χ1n) is 10.6. The number of carbonyl (C=O) groups is 2. The number of nitrogens with zero attached hydrogens (tertiary/aromatic N) is 3. The van der Waals surface area contributed by atoms with Crippen LogP contribution in [0.3, 0.4) is 0 Å². The van der Waals surface area contributed by atoms with Gasteiger partial charge in [-0.1, -0.05) is 53.2 Å². The molecule has 3 aromatic rings. The van der Waals surface area contributed by atoms with Crippen molar-refractivity contribution in [3.05, 3.63) is 59.2 Å². The van der Waals surface area contributed by atoms with Gasteiger partial charge in [0, 0.05) is 18.4 Å². The van der Waals surface area contributed by atoms with E-state index in [2.05, 4.69) is 20.8 Å².